The van der Waals surface area contributed by atoms with Gasteiger partial charge in [-0.25, -0.2) is 16.9 Å². The van der Waals surface area contributed by atoms with Gasteiger partial charge in [0.25, 0.3) is 0 Å². The summed E-state index contributed by atoms with van der Waals surface area (Å²) in [5.41, 5.74) is 7.80. The minimum atomic E-state index is 0. The second kappa shape index (κ2) is 22.6. The Morgan fingerprint density at radius 2 is 1.04 bits per heavy atom. The van der Waals surface area contributed by atoms with Crippen molar-refractivity contribution in [2.75, 3.05) is 14.2 Å². The molecule has 2 heterocycles. The number of nitrogens with zero attached hydrogens (tertiary/aromatic N) is 2. The van der Waals surface area contributed by atoms with E-state index in [-0.39, 0.29) is 61.8 Å². The van der Waals surface area contributed by atoms with Gasteiger partial charge in [-0.1, -0.05) is 80.3 Å². The van der Waals surface area contributed by atoms with Gasteiger partial charge in [-0.05, 0) is 66.6 Å². The zero-order chi connectivity index (χ0) is 33.0. The number of benzene rings is 3. The Morgan fingerprint density at radius 1 is 0.640 bits per heavy atom. The van der Waals surface area contributed by atoms with Gasteiger partial charge >= 0.3 is 0 Å². The summed E-state index contributed by atoms with van der Waals surface area (Å²) in [7, 11) is 3.37. The molecule has 2 saturated heterocycles. The van der Waals surface area contributed by atoms with Gasteiger partial charge in [0.1, 0.15) is 11.5 Å². The summed E-state index contributed by atoms with van der Waals surface area (Å²) in [5.74, 6) is 6.59. The Labute approximate surface area is 313 Å². The maximum atomic E-state index is 8.59. The summed E-state index contributed by atoms with van der Waals surface area (Å²) in [6, 6.07) is 26.8. The molecular formula is C35H52Cl3N5O7. The molecule has 4 aliphatic rings. The van der Waals surface area contributed by atoms with E-state index in [0.717, 1.165) is 55.6 Å². The summed E-state index contributed by atoms with van der Waals surface area (Å²) >= 11 is 0. The summed E-state index contributed by atoms with van der Waals surface area (Å²) in [4.78, 5) is 16.4. The lowest BCUT2D eigenvalue weighted by atomic mass is 9.90. The molecule has 12 nitrogen and oxygen atoms in total. The third kappa shape index (κ3) is 12.2. The molecule has 15 heteroatoms. The summed E-state index contributed by atoms with van der Waals surface area (Å²) in [6.45, 7) is 0.487. The van der Waals surface area contributed by atoms with Crippen molar-refractivity contribution in [3.05, 3.63) is 95.6 Å². The van der Waals surface area contributed by atoms with Crippen LogP contribution in [-0.4, -0.2) is 58.9 Å². The summed E-state index contributed by atoms with van der Waals surface area (Å²) < 4.78 is 10.5. The van der Waals surface area contributed by atoms with Crippen LogP contribution in [0.25, 0.3) is 0 Å². The van der Waals surface area contributed by atoms with Gasteiger partial charge in [-0.2, -0.15) is 0 Å². The second-order valence-electron chi connectivity index (χ2n) is 12.2. The molecule has 0 radical (unpaired) electrons. The van der Waals surface area contributed by atoms with Crippen LogP contribution in [0.4, 0.5) is 0 Å². The highest BCUT2D eigenvalue weighted by molar-refractivity contribution is 5.86. The highest BCUT2D eigenvalue weighted by Crippen LogP contribution is 2.49. The molecule has 6 N–H and O–H groups in total. The SMILES string of the molecule is COc1ccc(C2ON2[C@@H]2CCCC[C@H]2N2OC2c2ccc(OC)cc2)cc1.Cl.Cl.Cl.NOCc1ccccc1.ON[C@@H]1CCCC[C@H]1NO. The van der Waals surface area contributed by atoms with Crippen LogP contribution in [0.5, 0.6) is 11.5 Å². The summed E-state index contributed by atoms with van der Waals surface area (Å²) in [6.07, 6.45) is 8.90. The van der Waals surface area contributed by atoms with Crippen LogP contribution in [0.3, 0.4) is 0 Å². The van der Waals surface area contributed by atoms with Gasteiger partial charge in [0.2, 0.25) is 0 Å². The quantitative estimate of drug-likeness (QED) is 0.109. The average molecular weight is 761 g/mol. The third-order valence-electron chi connectivity index (χ3n) is 9.15. The van der Waals surface area contributed by atoms with Crippen molar-refractivity contribution in [3.8, 4) is 11.5 Å². The predicted octanol–water partition coefficient (Wildman–Crippen LogP) is 6.80. The molecule has 50 heavy (non-hydrogen) atoms. The zero-order valence-electron chi connectivity index (χ0n) is 28.5. The molecule has 4 fully saturated rings. The molecule has 8 atom stereocenters. The lowest BCUT2D eigenvalue weighted by Gasteiger charge is -2.30. The normalized spacial score (nSPS) is 27.5. The Kier molecular flexibility index (Phi) is 19.9. The van der Waals surface area contributed by atoms with Crippen LogP contribution in [-0.2, 0) is 21.1 Å². The van der Waals surface area contributed by atoms with Crippen LogP contribution in [0.1, 0.15) is 80.5 Å². The maximum absolute atomic E-state index is 8.59. The van der Waals surface area contributed by atoms with Crippen LogP contribution >= 0.6 is 37.2 Å². The predicted molar refractivity (Wildman–Crippen MR) is 196 cm³/mol. The second-order valence-corrected chi connectivity index (χ2v) is 12.2. The van der Waals surface area contributed by atoms with Gasteiger partial charge in [0.15, 0.2) is 12.5 Å². The van der Waals surface area contributed by atoms with Crippen molar-refractivity contribution in [3.63, 3.8) is 0 Å². The van der Waals surface area contributed by atoms with Crippen LogP contribution in [0.15, 0.2) is 78.9 Å². The van der Waals surface area contributed by atoms with Crippen LogP contribution in [0.2, 0.25) is 0 Å². The average Bonchev–Trinajstić information content (AvgIpc) is 4.08. The van der Waals surface area contributed by atoms with E-state index in [1.54, 1.807) is 14.2 Å². The Morgan fingerprint density at radius 3 is 1.40 bits per heavy atom. The molecule has 4 unspecified atom stereocenters. The molecule has 0 bridgehead atoms. The Hall–Kier alpha value is -2.27. The molecule has 2 aliphatic carbocycles. The number of rotatable bonds is 10. The lowest BCUT2D eigenvalue weighted by Crippen LogP contribution is -2.47. The van der Waals surface area contributed by atoms with E-state index in [1.165, 1.54) is 24.0 Å². The van der Waals surface area contributed by atoms with Gasteiger partial charge in [0.05, 0.1) is 32.9 Å². The number of halogens is 3. The monoisotopic (exact) mass is 759 g/mol. The fourth-order valence-corrected chi connectivity index (χ4v) is 6.43. The Balaban J connectivity index is 0.000000327. The number of hydrogen-bond donors (Lipinski definition) is 5. The fraction of sp³-hybridized carbons (Fsp3) is 0.486. The minimum absolute atomic E-state index is 0. The van der Waals surface area contributed by atoms with Crippen molar-refractivity contribution in [1.82, 2.24) is 21.1 Å². The maximum Gasteiger partial charge on any atom is 0.180 e. The fourth-order valence-electron chi connectivity index (χ4n) is 6.43. The zero-order valence-corrected chi connectivity index (χ0v) is 30.9. The van der Waals surface area contributed by atoms with E-state index in [9.17, 15) is 0 Å². The molecule has 3 aromatic rings. The van der Waals surface area contributed by atoms with Crippen molar-refractivity contribution < 1.29 is 34.4 Å². The van der Waals surface area contributed by atoms with Crippen molar-refractivity contribution in [2.45, 2.75) is 94.6 Å². The molecule has 7 rings (SSSR count). The number of methoxy groups -OCH3 is 2. The van der Waals surface area contributed by atoms with E-state index in [2.05, 4.69) is 50.2 Å². The number of hydroxylamine groups is 6. The number of ether oxygens (including phenoxy) is 2. The van der Waals surface area contributed by atoms with E-state index < -0.39 is 0 Å². The summed E-state index contributed by atoms with van der Waals surface area (Å²) in [5, 5.41) is 21.5. The van der Waals surface area contributed by atoms with Crippen molar-refractivity contribution in [1.29, 1.82) is 0 Å². The Bertz CT molecular complexity index is 1260. The van der Waals surface area contributed by atoms with Gasteiger partial charge in [-0.3, -0.25) is 14.5 Å². The van der Waals surface area contributed by atoms with E-state index in [0.29, 0.717) is 18.7 Å². The van der Waals surface area contributed by atoms with E-state index in [4.69, 9.17) is 35.5 Å². The van der Waals surface area contributed by atoms with Crippen LogP contribution in [0, 0.1) is 0 Å². The highest BCUT2D eigenvalue weighted by atomic mass is 35.5. The molecule has 2 aliphatic heterocycles. The molecule has 2 saturated carbocycles. The van der Waals surface area contributed by atoms with E-state index in [1.807, 2.05) is 54.6 Å². The molecule has 0 amide bonds. The molecule has 280 valence electrons. The van der Waals surface area contributed by atoms with Gasteiger partial charge in [0, 0.05) is 12.1 Å². The van der Waals surface area contributed by atoms with Crippen LogP contribution < -0.4 is 26.3 Å². The first-order valence-corrected chi connectivity index (χ1v) is 16.4. The molecule has 0 aromatic heterocycles. The van der Waals surface area contributed by atoms with Crippen molar-refractivity contribution in [2.24, 2.45) is 5.90 Å². The van der Waals surface area contributed by atoms with Gasteiger partial charge < -0.3 is 19.9 Å². The molecule has 0 spiro atoms. The number of hydrogen-bond acceptors (Lipinski definition) is 12. The van der Waals surface area contributed by atoms with Crippen molar-refractivity contribution >= 4 is 37.2 Å². The molecule has 3 aromatic carbocycles. The smallest absolute Gasteiger partial charge is 0.180 e. The topological polar surface area (TPSA) is 149 Å². The lowest BCUT2D eigenvalue weighted by molar-refractivity contribution is 0.0256. The highest BCUT2D eigenvalue weighted by Gasteiger charge is 2.54. The first kappa shape index (κ1) is 43.9. The van der Waals surface area contributed by atoms with E-state index >= 15 is 0 Å². The first-order valence-electron chi connectivity index (χ1n) is 16.4. The molecular weight excluding hydrogens is 709 g/mol. The minimum Gasteiger partial charge on any atom is -0.497 e. The number of nitrogens with two attached hydrogens (primary N) is 1. The largest absolute Gasteiger partial charge is 0.497 e. The van der Waals surface area contributed by atoms with Gasteiger partial charge in [-0.15, -0.1) is 47.3 Å². The third-order valence-corrected chi connectivity index (χ3v) is 9.15. The first-order chi connectivity index (χ1) is 23.1. The standard InChI is InChI=1S/C22H26N2O4.C7H9NO.C6H14N2O2.3ClH/c1-25-17-11-7-15(8-12-17)21-23(27-21)19-5-3-4-6-20(19)24-22(28-24)16-9-13-18(26-2)14-10-16;8-9-6-7-4-2-1-3-5-7;9-7-5-3-1-2-4-6(5)8-10;;;/h7-14,19-22H,3-6H2,1-2H3;1-5H,6,8H2;5-10H,1-4H2;3*1H/t19-,20-,21?,22?,23?,24?;;5-,6-;;;/m1.1.../s1. The number of nitrogens with one attached hydrogen (secondary N) is 2.